The molecule has 0 spiro atoms. The van der Waals surface area contributed by atoms with Crippen molar-refractivity contribution in [3.05, 3.63) is 29.9 Å². The smallest absolute Gasteiger partial charge is 0.275 e. The van der Waals surface area contributed by atoms with Gasteiger partial charge < -0.3 is 19.6 Å². The van der Waals surface area contributed by atoms with Crippen molar-refractivity contribution in [2.75, 3.05) is 36.4 Å². The lowest BCUT2D eigenvalue weighted by Crippen LogP contribution is -2.48. The molecule has 9 nitrogen and oxygen atoms in total. The first-order valence-electron chi connectivity index (χ1n) is 7.60. The van der Waals surface area contributed by atoms with E-state index in [9.17, 15) is 9.59 Å². The van der Waals surface area contributed by atoms with Crippen molar-refractivity contribution in [3.8, 4) is 0 Å². The Morgan fingerprint density at radius 3 is 2.54 bits per heavy atom. The number of anilines is 2. The van der Waals surface area contributed by atoms with Crippen LogP contribution in [0.2, 0.25) is 0 Å². The van der Waals surface area contributed by atoms with Gasteiger partial charge in [0.2, 0.25) is 5.91 Å². The zero-order valence-electron chi connectivity index (χ0n) is 13.5. The van der Waals surface area contributed by atoms with Gasteiger partial charge in [0, 0.05) is 45.2 Å². The van der Waals surface area contributed by atoms with Gasteiger partial charge in [-0.15, -0.1) is 0 Å². The summed E-state index contributed by atoms with van der Waals surface area (Å²) < 4.78 is 4.91. The minimum absolute atomic E-state index is 0.0697. The SMILES string of the molecule is CC(=O)N1CCN(c2cc(C(=O)Nc3cc(C)on3)ncn2)CC1. The summed E-state index contributed by atoms with van der Waals surface area (Å²) >= 11 is 0. The molecule has 0 saturated carbocycles. The highest BCUT2D eigenvalue weighted by Crippen LogP contribution is 2.15. The molecule has 3 rings (SSSR count). The Bertz CT molecular complexity index is 751. The second-order valence-electron chi connectivity index (χ2n) is 5.53. The molecular weight excluding hydrogens is 312 g/mol. The number of aromatic nitrogens is 3. The molecule has 24 heavy (non-hydrogen) atoms. The van der Waals surface area contributed by atoms with Crippen molar-refractivity contribution in [3.63, 3.8) is 0 Å². The van der Waals surface area contributed by atoms with Crippen LogP contribution in [0.5, 0.6) is 0 Å². The van der Waals surface area contributed by atoms with Crippen LogP contribution in [-0.4, -0.2) is 58.0 Å². The summed E-state index contributed by atoms with van der Waals surface area (Å²) in [7, 11) is 0. The summed E-state index contributed by atoms with van der Waals surface area (Å²) in [5, 5.41) is 6.35. The Morgan fingerprint density at radius 2 is 1.92 bits per heavy atom. The number of nitrogens with zero attached hydrogens (tertiary/aromatic N) is 5. The van der Waals surface area contributed by atoms with E-state index in [0.717, 1.165) is 0 Å². The fourth-order valence-corrected chi connectivity index (χ4v) is 2.50. The van der Waals surface area contributed by atoms with E-state index in [4.69, 9.17) is 4.52 Å². The topological polar surface area (TPSA) is 104 Å². The standard InChI is InChI=1S/C15H18N6O3/c1-10-7-13(19-24-10)18-15(23)12-8-14(17-9-16-12)21-5-3-20(4-6-21)11(2)22/h7-9H,3-6H2,1-2H3,(H,18,19,23). The van der Waals surface area contributed by atoms with E-state index in [2.05, 4.69) is 20.4 Å². The molecule has 0 aliphatic carbocycles. The number of aryl methyl sites for hydroxylation is 1. The van der Waals surface area contributed by atoms with Gasteiger partial charge in [-0.3, -0.25) is 9.59 Å². The number of amides is 2. The zero-order valence-corrected chi connectivity index (χ0v) is 13.5. The summed E-state index contributed by atoms with van der Waals surface area (Å²) in [5.41, 5.74) is 0.245. The molecule has 1 saturated heterocycles. The fourth-order valence-electron chi connectivity index (χ4n) is 2.50. The van der Waals surface area contributed by atoms with E-state index in [-0.39, 0.29) is 17.5 Å². The van der Waals surface area contributed by atoms with Crippen molar-refractivity contribution in [1.29, 1.82) is 0 Å². The van der Waals surface area contributed by atoms with Crippen LogP contribution in [0.25, 0.3) is 0 Å². The average Bonchev–Trinajstić information content (AvgIpc) is 3.00. The molecule has 1 fully saturated rings. The molecule has 1 aliphatic heterocycles. The number of rotatable bonds is 3. The van der Waals surface area contributed by atoms with Gasteiger partial charge in [-0.05, 0) is 6.92 Å². The molecule has 0 radical (unpaired) electrons. The molecule has 2 aromatic rings. The van der Waals surface area contributed by atoms with Gasteiger partial charge >= 0.3 is 0 Å². The number of carbonyl (C=O) groups is 2. The van der Waals surface area contributed by atoms with Crippen molar-refractivity contribution in [2.45, 2.75) is 13.8 Å². The van der Waals surface area contributed by atoms with Crippen LogP contribution < -0.4 is 10.2 Å². The maximum Gasteiger partial charge on any atom is 0.275 e. The molecule has 0 atom stereocenters. The van der Waals surface area contributed by atoms with Crippen LogP contribution in [-0.2, 0) is 4.79 Å². The van der Waals surface area contributed by atoms with Gasteiger partial charge in [0.05, 0.1) is 0 Å². The van der Waals surface area contributed by atoms with E-state index >= 15 is 0 Å². The maximum atomic E-state index is 12.2. The zero-order chi connectivity index (χ0) is 17.1. The largest absolute Gasteiger partial charge is 0.360 e. The van der Waals surface area contributed by atoms with Crippen molar-refractivity contribution in [1.82, 2.24) is 20.0 Å². The van der Waals surface area contributed by atoms with Crippen molar-refractivity contribution < 1.29 is 14.1 Å². The first-order chi connectivity index (χ1) is 11.5. The van der Waals surface area contributed by atoms with Crippen molar-refractivity contribution in [2.24, 2.45) is 0 Å². The van der Waals surface area contributed by atoms with Gasteiger partial charge in [0.1, 0.15) is 23.6 Å². The second kappa shape index (κ2) is 6.65. The lowest BCUT2D eigenvalue weighted by molar-refractivity contribution is -0.129. The van der Waals surface area contributed by atoms with E-state index < -0.39 is 0 Å². The van der Waals surface area contributed by atoms with Gasteiger partial charge in [-0.1, -0.05) is 5.16 Å². The van der Waals surface area contributed by atoms with Gasteiger partial charge in [-0.2, -0.15) is 0 Å². The fraction of sp³-hybridized carbons (Fsp3) is 0.400. The van der Waals surface area contributed by atoms with E-state index in [1.165, 1.54) is 6.33 Å². The predicted molar refractivity (Wildman–Crippen MR) is 85.7 cm³/mol. The number of carbonyl (C=O) groups excluding carboxylic acids is 2. The number of hydrogen-bond acceptors (Lipinski definition) is 7. The van der Waals surface area contributed by atoms with E-state index in [1.54, 1.807) is 30.9 Å². The minimum atomic E-state index is -0.380. The molecule has 1 N–H and O–H groups in total. The van der Waals surface area contributed by atoms with Crippen LogP contribution in [0.1, 0.15) is 23.2 Å². The number of nitrogens with one attached hydrogen (secondary N) is 1. The molecule has 3 heterocycles. The normalized spacial score (nSPS) is 14.6. The maximum absolute atomic E-state index is 12.2. The monoisotopic (exact) mass is 330 g/mol. The van der Waals surface area contributed by atoms with Crippen LogP contribution in [0.15, 0.2) is 23.0 Å². The Morgan fingerprint density at radius 1 is 1.17 bits per heavy atom. The highest BCUT2D eigenvalue weighted by atomic mass is 16.5. The summed E-state index contributed by atoms with van der Waals surface area (Å²) in [5.74, 6) is 1.30. The summed E-state index contributed by atoms with van der Waals surface area (Å²) in [6.07, 6.45) is 1.36. The van der Waals surface area contributed by atoms with Crippen LogP contribution in [0.4, 0.5) is 11.6 Å². The third-order valence-electron chi connectivity index (χ3n) is 3.80. The van der Waals surface area contributed by atoms with E-state index in [1.807, 2.05) is 4.90 Å². The van der Waals surface area contributed by atoms with Gasteiger partial charge in [0.15, 0.2) is 5.82 Å². The quantitative estimate of drug-likeness (QED) is 0.883. The molecule has 0 bridgehead atoms. The Balaban J connectivity index is 1.68. The highest BCUT2D eigenvalue weighted by Gasteiger charge is 2.21. The first-order valence-corrected chi connectivity index (χ1v) is 7.60. The third-order valence-corrected chi connectivity index (χ3v) is 3.80. The second-order valence-corrected chi connectivity index (χ2v) is 5.53. The molecule has 126 valence electrons. The molecule has 2 amide bonds. The Kier molecular flexibility index (Phi) is 4.41. The first kappa shape index (κ1) is 15.9. The summed E-state index contributed by atoms with van der Waals surface area (Å²) in [4.78, 5) is 35.7. The summed E-state index contributed by atoms with van der Waals surface area (Å²) in [6, 6.07) is 3.26. The van der Waals surface area contributed by atoms with E-state index in [0.29, 0.717) is 43.6 Å². The van der Waals surface area contributed by atoms with Crippen LogP contribution in [0.3, 0.4) is 0 Å². The number of piperazine rings is 1. The lowest BCUT2D eigenvalue weighted by Gasteiger charge is -2.34. The molecule has 0 unspecified atom stereocenters. The third kappa shape index (κ3) is 3.50. The molecule has 2 aromatic heterocycles. The molecule has 9 heteroatoms. The molecular formula is C15H18N6O3. The van der Waals surface area contributed by atoms with Gasteiger partial charge in [0.25, 0.3) is 5.91 Å². The minimum Gasteiger partial charge on any atom is -0.360 e. The van der Waals surface area contributed by atoms with Gasteiger partial charge in [-0.25, -0.2) is 9.97 Å². The lowest BCUT2D eigenvalue weighted by atomic mass is 10.3. The predicted octanol–water partition coefficient (Wildman–Crippen LogP) is 0.694. The molecule has 1 aliphatic rings. The van der Waals surface area contributed by atoms with Crippen LogP contribution in [0, 0.1) is 6.92 Å². The Labute approximate surface area is 138 Å². The Hall–Kier alpha value is -2.97. The summed E-state index contributed by atoms with van der Waals surface area (Å²) in [6.45, 7) is 5.92. The number of hydrogen-bond donors (Lipinski definition) is 1. The van der Waals surface area contributed by atoms with Crippen molar-refractivity contribution >= 4 is 23.5 Å². The highest BCUT2D eigenvalue weighted by molar-refractivity contribution is 6.02. The molecule has 0 aromatic carbocycles. The average molecular weight is 330 g/mol. The van der Waals surface area contributed by atoms with Crippen LogP contribution >= 0.6 is 0 Å².